The van der Waals surface area contributed by atoms with Crippen LogP contribution >= 0.6 is 0 Å². The molecule has 2 aliphatic rings. The van der Waals surface area contributed by atoms with Gasteiger partial charge >= 0.3 is 5.97 Å². The van der Waals surface area contributed by atoms with Crippen LogP contribution in [-0.2, 0) is 9.53 Å². The number of hydrogen-bond donors (Lipinski definition) is 2. The van der Waals surface area contributed by atoms with E-state index in [4.69, 9.17) is 15.6 Å². The van der Waals surface area contributed by atoms with Gasteiger partial charge in [0.1, 0.15) is 5.82 Å². The van der Waals surface area contributed by atoms with Gasteiger partial charge in [-0.15, -0.1) is 0 Å². The minimum atomic E-state index is -0.274. The van der Waals surface area contributed by atoms with Gasteiger partial charge in [-0.05, 0) is 37.8 Å². The number of nitrogens with two attached hydrogens (primary N) is 1. The van der Waals surface area contributed by atoms with Gasteiger partial charge in [0, 0.05) is 19.1 Å². The average molecular weight is 360 g/mol. The van der Waals surface area contributed by atoms with E-state index < -0.39 is 0 Å². The number of carbonyl (C=O) groups is 1. The second-order valence-corrected chi connectivity index (χ2v) is 6.94. The standard InChI is InChI=1S/C19H28N4O3/c20-17-10-9-16(12-21-17)23-14-22(15-6-2-1-3-7-15)13-18(23)26-19(25)8-4-5-11-24/h9-10,12-13,15,24H,1-8,11,14H2,(H2,20,21). The Bertz CT molecular complexity index is 626. The second-order valence-electron chi connectivity index (χ2n) is 6.94. The number of aromatic nitrogens is 1. The summed E-state index contributed by atoms with van der Waals surface area (Å²) in [6.07, 6.45) is 11.3. The van der Waals surface area contributed by atoms with Crippen LogP contribution in [0.5, 0.6) is 0 Å². The first-order chi connectivity index (χ1) is 12.7. The maximum Gasteiger partial charge on any atom is 0.312 e. The molecule has 7 nitrogen and oxygen atoms in total. The molecule has 142 valence electrons. The molecule has 1 fully saturated rings. The van der Waals surface area contributed by atoms with Crippen molar-refractivity contribution in [2.75, 3.05) is 23.9 Å². The van der Waals surface area contributed by atoms with Crippen molar-refractivity contribution in [2.24, 2.45) is 0 Å². The van der Waals surface area contributed by atoms with Crippen molar-refractivity contribution in [3.05, 3.63) is 30.4 Å². The van der Waals surface area contributed by atoms with Crippen LogP contribution in [0.25, 0.3) is 0 Å². The highest BCUT2D eigenvalue weighted by Gasteiger charge is 2.30. The number of hydrogen-bond acceptors (Lipinski definition) is 7. The molecule has 0 atom stereocenters. The Morgan fingerprint density at radius 1 is 1.27 bits per heavy atom. The molecule has 0 radical (unpaired) electrons. The molecule has 26 heavy (non-hydrogen) atoms. The lowest BCUT2D eigenvalue weighted by Gasteiger charge is -2.32. The minimum Gasteiger partial charge on any atom is -0.408 e. The molecule has 0 unspecified atom stereocenters. The summed E-state index contributed by atoms with van der Waals surface area (Å²) in [5.41, 5.74) is 6.55. The maximum absolute atomic E-state index is 12.2. The molecule has 1 aromatic heterocycles. The number of ether oxygens (including phenoxy) is 1. The van der Waals surface area contributed by atoms with E-state index in [1.54, 1.807) is 12.3 Å². The zero-order valence-electron chi connectivity index (χ0n) is 15.1. The molecule has 0 saturated heterocycles. The zero-order valence-corrected chi connectivity index (χ0v) is 15.1. The molecular weight excluding hydrogens is 332 g/mol. The van der Waals surface area contributed by atoms with Crippen molar-refractivity contribution in [3.63, 3.8) is 0 Å². The molecule has 0 amide bonds. The van der Waals surface area contributed by atoms with Crippen LogP contribution in [0.4, 0.5) is 11.5 Å². The van der Waals surface area contributed by atoms with Gasteiger partial charge in [-0.25, -0.2) is 4.98 Å². The Labute approximate surface area is 154 Å². The molecule has 1 aliphatic carbocycles. The number of anilines is 2. The lowest BCUT2D eigenvalue weighted by atomic mass is 9.95. The minimum absolute atomic E-state index is 0.0919. The first-order valence-electron chi connectivity index (χ1n) is 9.45. The number of pyridine rings is 1. The molecule has 0 spiro atoms. The van der Waals surface area contributed by atoms with Crippen LogP contribution < -0.4 is 10.6 Å². The summed E-state index contributed by atoms with van der Waals surface area (Å²) < 4.78 is 5.64. The van der Waals surface area contributed by atoms with Crippen molar-refractivity contribution in [3.8, 4) is 0 Å². The van der Waals surface area contributed by atoms with Crippen LogP contribution in [0.15, 0.2) is 30.4 Å². The van der Waals surface area contributed by atoms with E-state index in [0.717, 1.165) is 5.69 Å². The fourth-order valence-electron chi connectivity index (χ4n) is 3.52. The molecule has 1 aliphatic heterocycles. The Hall–Kier alpha value is -2.28. The van der Waals surface area contributed by atoms with Crippen molar-refractivity contribution in [1.82, 2.24) is 9.88 Å². The largest absolute Gasteiger partial charge is 0.408 e. The van der Waals surface area contributed by atoms with Crippen LogP contribution in [0.3, 0.4) is 0 Å². The highest BCUT2D eigenvalue weighted by Crippen LogP contribution is 2.31. The summed E-state index contributed by atoms with van der Waals surface area (Å²) in [6, 6.07) is 4.12. The third-order valence-electron chi connectivity index (χ3n) is 4.98. The predicted molar refractivity (Wildman–Crippen MR) is 99.8 cm³/mol. The number of aliphatic hydroxyl groups excluding tert-OH is 1. The van der Waals surface area contributed by atoms with Crippen molar-refractivity contribution >= 4 is 17.5 Å². The number of nitrogen functional groups attached to an aromatic ring is 1. The molecule has 7 heteroatoms. The highest BCUT2D eigenvalue weighted by molar-refractivity contribution is 5.71. The van der Waals surface area contributed by atoms with Crippen LogP contribution in [-0.4, -0.2) is 40.3 Å². The lowest BCUT2D eigenvalue weighted by molar-refractivity contribution is -0.139. The van der Waals surface area contributed by atoms with E-state index in [1.807, 2.05) is 17.2 Å². The number of aliphatic hydroxyl groups is 1. The Morgan fingerprint density at radius 3 is 2.77 bits per heavy atom. The molecule has 1 aromatic rings. The van der Waals surface area contributed by atoms with E-state index >= 15 is 0 Å². The van der Waals surface area contributed by atoms with Crippen LogP contribution in [0, 0.1) is 0 Å². The van der Waals surface area contributed by atoms with Crippen molar-refractivity contribution in [1.29, 1.82) is 0 Å². The smallest absolute Gasteiger partial charge is 0.312 e. The number of carbonyl (C=O) groups excluding carboxylic acids is 1. The molecule has 0 aromatic carbocycles. The summed E-state index contributed by atoms with van der Waals surface area (Å²) in [6.45, 7) is 0.740. The maximum atomic E-state index is 12.2. The molecule has 3 N–H and O–H groups in total. The van der Waals surface area contributed by atoms with E-state index in [-0.39, 0.29) is 12.6 Å². The number of esters is 1. The third kappa shape index (κ3) is 4.66. The van der Waals surface area contributed by atoms with Gasteiger partial charge in [-0.2, -0.15) is 0 Å². The van der Waals surface area contributed by atoms with Gasteiger partial charge in [0.05, 0.1) is 24.8 Å². The Morgan fingerprint density at radius 2 is 2.08 bits per heavy atom. The number of rotatable bonds is 7. The van der Waals surface area contributed by atoms with Gasteiger partial charge in [-0.3, -0.25) is 9.69 Å². The van der Waals surface area contributed by atoms with E-state index in [0.29, 0.717) is 43.7 Å². The number of nitrogens with zero attached hydrogens (tertiary/aromatic N) is 3. The van der Waals surface area contributed by atoms with Gasteiger partial charge < -0.3 is 20.5 Å². The third-order valence-corrected chi connectivity index (χ3v) is 4.98. The quantitative estimate of drug-likeness (QED) is 0.570. The average Bonchev–Trinajstić information content (AvgIpc) is 3.07. The fraction of sp³-hybridized carbons (Fsp3) is 0.579. The molecule has 0 bridgehead atoms. The van der Waals surface area contributed by atoms with Crippen molar-refractivity contribution < 1.29 is 14.6 Å². The van der Waals surface area contributed by atoms with E-state index in [9.17, 15) is 4.79 Å². The second kappa shape index (κ2) is 8.89. The highest BCUT2D eigenvalue weighted by atomic mass is 16.6. The summed E-state index contributed by atoms with van der Waals surface area (Å²) in [5.74, 6) is 0.725. The lowest BCUT2D eigenvalue weighted by Crippen LogP contribution is -2.36. The molecular formula is C19H28N4O3. The summed E-state index contributed by atoms with van der Waals surface area (Å²) in [4.78, 5) is 20.6. The normalized spacial score (nSPS) is 18.1. The van der Waals surface area contributed by atoms with Gasteiger partial charge in [-0.1, -0.05) is 19.3 Å². The number of unbranched alkanes of at least 4 members (excludes halogenated alkanes) is 1. The van der Waals surface area contributed by atoms with Gasteiger partial charge in [0.25, 0.3) is 0 Å². The Kier molecular flexibility index (Phi) is 6.33. The summed E-state index contributed by atoms with van der Waals surface area (Å²) in [7, 11) is 0. The predicted octanol–water partition coefficient (Wildman–Crippen LogP) is 2.58. The molecule has 1 saturated carbocycles. The van der Waals surface area contributed by atoms with Gasteiger partial charge in [0.15, 0.2) is 0 Å². The fourth-order valence-corrected chi connectivity index (χ4v) is 3.52. The van der Waals surface area contributed by atoms with Crippen LogP contribution in [0.1, 0.15) is 51.4 Å². The van der Waals surface area contributed by atoms with E-state index in [2.05, 4.69) is 9.88 Å². The SMILES string of the molecule is Nc1ccc(N2CN(C3CCCCC3)C=C2OC(=O)CCCCO)cn1. The summed E-state index contributed by atoms with van der Waals surface area (Å²) in [5, 5.41) is 8.86. The van der Waals surface area contributed by atoms with Crippen molar-refractivity contribution in [2.45, 2.75) is 57.4 Å². The summed E-state index contributed by atoms with van der Waals surface area (Å²) >= 11 is 0. The van der Waals surface area contributed by atoms with E-state index in [1.165, 1.54) is 32.1 Å². The molecule has 3 rings (SSSR count). The zero-order chi connectivity index (χ0) is 18.4. The molecule has 2 heterocycles. The van der Waals surface area contributed by atoms with Gasteiger partial charge in [0.2, 0.25) is 5.88 Å². The Balaban J connectivity index is 1.72. The first-order valence-corrected chi connectivity index (χ1v) is 9.45. The topological polar surface area (TPSA) is 91.9 Å². The monoisotopic (exact) mass is 360 g/mol. The van der Waals surface area contributed by atoms with Crippen LogP contribution in [0.2, 0.25) is 0 Å². The first kappa shape index (κ1) is 18.5.